The van der Waals surface area contributed by atoms with Crippen LogP contribution in [0.1, 0.15) is 24.0 Å². The molecule has 1 heterocycles. The lowest BCUT2D eigenvalue weighted by atomic mass is 9.97. The van der Waals surface area contributed by atoms with Crippen LogP contribution in [-0.2, 0) is 0 Å². The van der Waals surface area contributed by atoms with E-state index in [1.165, 1.54) is 12.8 Å². The van der Waals surface area contributed by atoms with Crippen LogP contribution in [0, 0.1) is 19.8 Å². The van der Waals surface area contributed by atoms with Crippen LogP contribution in [0.3, 0.4) is 0 Å². The molecule has 0 spiro atoms. The van der Waals surface area contributed by atoms with Crippen LogP contribution in [0.5, 0.6) is 0 Å². The molecular formula is C16H25N3O. The van der Waals surface area contributed by atoms with Crippen LogP contribution in [0.25, 0.3) is 0 Å². The van der Waals surface area contributed by atoms with E-state index in [9.17, 15) is 4.79 Å². The molecule has 0 atom stereocenters. The van der Waals surface area contributed by atoms with E-state index < -0.39 is 0 Å². The standard InChI is InChI=1S/C16H25N3O/c1-12-8-13(2)10-15(9-12)18-16(20)17-11-14-4-6-19(3)7-5-14/h8-10,14H,4-7,11H2,1-3H3,(H2,17,18,20). The Kier molecular flexibility index (Phi) is 5.01. The molecule has 1 fully saturated rings. The highest BCUT2D eigenvalue weighted by atomic mass is 16.2. The first-order valence-electron chi connectivity index (χ1n) is 7.34. The molecule has 0 aliphatic carbocycles. The van der Waals surface area contributed by atoms with E-state index in [1.807, 2.05) is 26.0 Å². The fourth-order valence-electron chi connectivity index (χ4n) is 2.73. The normalized spacial score (nSPS) is 16.9. The highest BCUT2D eigenvalue weighted by Gasteiger charge is 2.17. The number of nitrogens with one attached hydrogen (secondary N) is 2. The van der Waals surface area contributed by atoms with Crippen molar-refractivity contribution in [1.29, 1.82) is 0 Å². The third-order valence-corrected chi connectivity index (χ3v) is 3.87. The number of carbonyl (C=O) groups excluding carboxylic acids is 1. The summed E-state index contributed by atoms with van der Waals surface area (Å²) in [5, 5.41) is 5.90. The number of nitrogens with zero attached hydrogens (tertiary/aromatic N) is 1. The summed E-state index contributed by atoms with van der Waals surface area (Å²) in [5.41, 5.74) is 3.19. The van der Waals surface area contributed by atoms with Gasteiger partial charge in [-0.1, -0.05) is 6.07 Å². The van der Waals surface area contributed by atoms with E-state index in [2.05, 4.69) is 28.6 Å². The zero-order valence-electron chi connectivity index (χ0n) is 12.7. The first-order valence-corrected chi connectivity index (χ1v) is 7.34. The smallest absolute Gasteiger partial charge is 0.319 e. The van der Waals surface area contributed by atoms with Crippen molar-refractivity contribution >= 4 is 11.7 Å². The van der Waals surface area contributed by atoms with Crippen LogP contribution in [-0.4, -0.2) is 37.6 Å². The van der Waals surface area contributed by atoms with Gasteiger partial charge in [-0.25, -0.2) is 4.79 Å². The number of hydrogen-bond acceptors (Lipinski definition) is 2. The Morgan fingerprint density at radius 1 is 1.20 bits per heavy atom. The largest absolute Gasteiger partial charge is 0.338 e. The summed E-state index contributed by atoms with van der Waals surface area (Å²) in [7, 11) is 2.15. The number of carbonyl (C=O) groups is 1. The maximum Gasteiger partial charge on any atom is 0.319 e. The molecule has 20 heavy (non-hydrogen) atoms. The third-order valence-electron chi connectivity index (χ3n) is 3.87. The summed E-state index contributed by atoms with van der Waals surface area (Å²) in [6.07, 6.45) is 2.33. The maximum absolute atomic E-state index is 11.9. The molecule has 0 bridgehead atoms. The number of rotatable bonds is 3. The molecule has 0 aromatic heterocycles. The van der Waals surface area contributed by atoms with E-state index in [4.69, 9.17) is 0 Å². The van der Waals surface area contributed by atoms with Gasteiger partial charge in [-0.2, -0.15) is 0 Å². The fraction of sp³-hybridized carbons (Fsp3) is 0.562. The Hall–Kier alpha value is -1.55. The molecule has 1 aliphatic rings. The number of benzene rings is 1. The second kappa shape index (κ2) is 6.75. The lowest BCUT2D eigenvalue weighted by Crippen LogP contribution is -2.38. The van der Waals surface area contributed by atoms with E-state index in [-0.39, 0.29) is 6.03 Å². The molecule has 0 radical (unpaired) electrons. The van der Waals surface area contributed by atoms with Crippen LogP contribution in [0.4, 0.5) is 10.5 Å². The molecule has 0 unspecified atom stereocenters. The van der Waals surface area contributed by atoms with Crippen molar-refractivity contribution in [3.63, 3.8) is 0 Å². The van der Waals surface area contributed by atoms with Gasteiger partial charge < -0.3 is 15.5 Å². The Morgan fingerprint density at radius 2 is 1.80 bits per heavy atom. The van der Waals surface area contributed by atoms with Crippen LogP contribution < -0.4 is 10.6 Å². The number of piperidine rings is 1. The van der Waals surface area contributed by atoms with Gasteiger partial charge in [0.25, 0.3) is 0 Å². The van der Waals surface area contributed by atoms with Gasteiger partial charge in [-0.3, -0.25) is 0 Å². The minimum absolute atomic E-state index is 0.103. The number of hydrogen-bond donors (Lipinski definition) is 2. The summed E-state index contributed by atoms with van der Waals surface area (Å²) < 4.78 is 0. The minimum Gasteiger partial charge on any atom is -0.338 e. The fourth-order valence-corrected chi connectivity index (χ4v) is 2.73. The summed E-state index contributed by atoms with van der Waals surface area (Å²) >= 11 is 0. The third kappa shape index (κ3) is 4.53. The number of urea groups is 1. The summed E-state index contributed by atoms with van der Waals surface area (Å²) in [5.74, 6) is 0.608. The molecule has 1 aromatic carbocycles. The number of amides is 2. The molecule has 2 N–H and O–H groups in total. The average Bonchev–Trinajstić information content (AvgIpc) is 2.37. The molecule has 110 valence electrons. The topological polar surface area (TPSA) is 44.4 Å². The molecule has 2 amide bonds. The minimum atomic E-state index is -0.103. The van der Waals surface area contributed by atoms with Gasteiger partial charge in [0.05, 0.1) is 0 Å². The maximum atomic E-state index is 11.9. The van der Waals surface area contributed by atoms with Crippen molar-refractivity contribution in [1.82, 2.24) is 10.2 Å². The van der Waals surface area contributed by atoms with Gasteiger partial charge in [-0.05, 0) is 76.0 Å². The number of anilines is 1. The number of aryl methyl sites for hydroxylation is 2. The molecule has 2 rings (SSSR count). The Bertz CT molecular complexity index is 445. The van der Waals surface area contributed by atoms with Crippen molar-refractivity contribution in [3.8, 4) is 0 Å². The quantitative estimate of drug-likeness (QED) is 0.891. The van der Waals surface area contributed by atoms with E-state index in [0.29, 0.717) is 5.92 Å². The van der Waals surface area contributed by atoms with Crippen molar-refractivity contribution in [3.05, 3.63) is 29.3 Å². The predicted octanol–water partition coefficient (Wildman–Crippen LogP) is 2.77. The molecule has 0 saturated carbocycles. The number of likely N-dealkylation sites (tertiary alicyclic amines) is 1. The van der Waals surface area contributed by atoms with Gasteiger partial charge >= 0.3 is 6.03 Å². The summed E-state index contributed by atoms with van der Waals surface area (Å²) in [6.45, 7) is 7.10. The van der Waals surface area contributed by atoms with Crippen LogP contribution >= 0.6 is 0 Å². The van der Waals surface area contributed by atoms with Crippen molar-refractivity contribution in [2.24, 2.45) is 5.92 Å². The monoisotopic (exact) mass is 275 g/mol. The van der Waals surface area contributed by atoms with E-state index in [1.54, 1.807) is 0 Å². The van der Waals surface area contributed by atoms with Gasteiger partial charge in [0.15, 0.2) is 0 Å². The lowest BCUT2D eigenvalue weighted by Gasteiger charge is -2.28. The van der Waals surface area contributed by atoms with Gasteiger partial charge in [-0.15, -0.1) is 0 Å². The van der Waals surface area contributed by atoms with E-state index in [0.717, 1.165) is 36.4 Å². The highest BCUT2D eigenvalue weighted by molar-refractivity contribution is 5.89. The van der Waals surface area contributed by atoms with Gasteiger partial charge in [0.2, 0.25) is 0 Å². The van der Waals surface area contributed by atoms with Gasteiger partial charge in [0.1, 0.15) is 0 Å². The first kappa shape index (κ1) is 14.9. The summed E-state index contributed by atoms with van der Waals surface area (Å²) in [4.78, 5) is 14.2. The molecule has 4 nitrogen and oxygen atoms in total. The second-order valence-electron chi connectivity index (χ2n) is 5.96. The lowest BCUT2D eigenvalue weighted by molar-refractivity contribution is 0.213. The van der Waals surface area contributed by atoms with E-state index >= 15 is 0 Å². The zero-order valence-corrected chi connectivity index (χ0v) is 12.7. The first-order chi connectivity index (χ1) is 9.52. The second-order valence-corrected chi connectivity index (χ2v) is 5.96. The molecule has 1 aliphatic heterocycles. The van der Waals surface area contributed by atoms with Crippen molar-refractivity contribution < 1.29 is 4.79 Å². The molecule has 4 heteroatoms. The van der Waals surface area contributed by atoms with Gasteiger partial charge in [0, 0.05) is 12.2 Å². The van der Waals surface area contributed by atoms with Crippen molar-refractivity contribution in [2.45, 2.75) is 26.7 Å². The van der Waals surface area contributed by atoms with Crippen LogP contribution in [0.2, 0.25) is 0 Å². The van der Waals surface area contributed by atoms with Crippen LogP contribution in [0.15, 0.2) is 18.2 Å². The Morgan fingerprint density at radius 3 is 2.40 bits per heavy atom. The highest BCUT2D eigenvalue weighted by Crippen LogP contribution is 2.15. The molecule has 1 saturated heterocycles. The molecular weight excluding hydrogens is 250 g/mol. The average molecular weight is 275 g/mol. The Balaban J connectivity index is 1.77. The SMILES string of the molecule is Cc1cc(C)cc(NC(=O)NCC2CCN(C)CC2)c1. The molecule has 1 aromatic rings. The van der Waals surface area contributed by atoms with Crippen molar-refractivity contribution in [2.75, 3.05) is 32.0 Å². The Labute approximate surface area is 121 Å². The predicted molar refractivity (Wildman–Crippen MR) is 83.2 cm³/mol. The zero-order chi connectivity index (χ0) is 14.5. The summed E-state index contributed by atoms with van der Waals surface area (Å²) in [6, 6.07) is 5.97.